The van der Waals surface area contributed by atoms with Gasteiger partial charge in [-0.1, -0.05) is 12.1 Å². The molecule has 2 aromatic carbocycles. The van der Waals surface area contributed by atoms with Crippen LogP contribution in [0.25, 0.3) is 22.5 Å². The van der Waals surface area contributed by atoms with Crippen LogP contribution in [0.1, 0.15) is 11.4 Å². The van der Waals surface area contributed by atoms with Gasteiger partial charge in [-0.05, 0) is 24.3 Å². The molecule has 0 atom stereocenters. The summed E-state index contributed by atoms with van der Waals surface area (Å²) in [7, 11) is -4.25. The Bertz CT molecular complexity index is 1230. The Morgan fingerprint density at radius 1 is 1.07 bits per heavy atom. The third kappa shape index (κ3) is 3.97. The number of nitrogens with zero attached hydrogens (tertiary/aromatic N) is 2. The highest BCUT2D eigenvalue weighted by Gasteiger charge is 2.36. The number of halogens is 5. The fourth-order valence-corrected chi connectivity index (χ4v) is 3.55. The molecular weight excluding hydrogens is 417 g/mol. The number of aromatic nitrogens is 2. The number of hydrogen-bond donors (Lipinski definition) is 1. The van der Waals surface area contributed by atoms with Crippen molar-refractivity contribution in [2.75, 3.05) is 6.26 Å². The van der Waals surface area contributed by atoms with Crippen molar-refractivity contribution < 1.29 is 30.4 Å². The number of rotatable bonds is 3. The predicted octanol–water partition coefficient (Wildman–Crippen LogP) is 4.32. The minimum Gasteiger partial charge on any atom is -0.334 e. The normalized spacial score (nSPS) is 12.0. The quantitative estimate of drug-likeness (QED) is 0.631. The third-order valence-electron chi connectivity index (χ3n) is 3.90. The molecule has 1 N–H and O–H groups in total. The molecule has 150 valence electrons. The van der Waals surface area contributed by atoms with Crippen molar-refractivity contribution in [2.45, 2.75) is 11.1 Å². The molecule has 29 heavy (non-hydrogen) atoms. The fourth-order valence-electron chi connectivity index (χ4n) is 2.72. The lowest BCUT2D eigenvalue weighted by Crippen LogP contribution is -2.07. The summed E-state index contributed by atoms with van der Waals surface area (Å²) < 4.78 is 91.1. The van der Waals surface area contributed by atoms with Gasteiger partial charge in [-0.2, -0.15) is 18.4 Å². The number of aromatic amines is 1. The van der Waals surface area contributed by atoms with Crippen molar-refractivity contribution >= 4 is 9.84 Å². The Hall–Kier alpha value is -3.26. The second kappa shape index (κ2) is 6.97. The largest absolute Gasteiger partial charge is 0.449 e. The molecule has 0 aliphatic carbocycles. The van der Waals surface area contributed by atoms with Crippen LogP contribution >= 0.6 is 0 Å². The zero-order chi connectivity index (χ0) is 21.6. The lowest BCUT2D eigenvalue weighted by Gasteiger charge is -2.07. The van der Waals surface area contributed by atoms with E-state index in [9.17, 15) is 30.4 Å². The van der Waals surface area contributed by atoms with Crippen molar-refractivity contribution in [3.8, 4) is 28.6 Å². The average Bonchev–Trinajstić information content (AvgIpc) is 3.05. The lowest BCUT2D eigenvalue weighted by molar-refractivity contribution is -0.144. The number of benzene rings is 2. The van der Waals surface area contributed by atoms with Gasteiger partial charge in [-0.25, -0.2) is 22.2 Å². The number of nitriles is 1. The molecule has 0 radical (unpaired) electrons. The molecule has 1 aromatic heterocycles. The van der Waals surface area contributed by atoms with Crippen LogP contribution in [0.3, 0.4) is 0 Å². The summed E-state index contributed by atoms with van der Waals surface area (Å²) in [5.74, 6) is -4.34. The summed E-state index contributed by atoms with van der Waals surface area (Å²) in [6, 6.07) is 8.51. The summed E-state index contributed by atoms with van der Waals surface area (Å²) >= 11 is 0. The van der Waals surface area contributed by atoms with Gasteiger partial charge in [0.15, 0.2) is 9.84 Å². The van der Waals surface area contributed by atoms with Crippen molar-refractivity contribution in [3.05, 3.63) is 59.4 Å². The molecule has 3 rings (SSSR count). The lowest BCUT2D eigenvalue weighted by atomic mass is 10.0. The maximum Gasteiger partial charge on any atom is 0.449 e. The van der Waals surface area contributed by atoms with Gasteiger partial charge in [-0.3, -0.25) is 0 Å². The van der Waals surface area contributed by atoms with Gasteiger partial charge in [0, 0.05) is 17.4 Å². The van der Waals surface area contributed by atoms with E-state index in [0.29, 0.717) is 18.4 Å². The Kier molecular flexibility index (Phi) is 4.92. The maximum absolute atomic E-state index is 14.3. The van der Waals surface area contributed by atoms with E-state index in [1.807, 2.05) is 6.07 Å². The number of sulfone groups is 1. The van der Waals surface area contributed by atoms with Gasteiger partial charge in [0.1, 0.15) is 16.5 Å². The topological polar surface area (TPSA) is 86.6 Å². The molecule has 1 heterocycles. The van der Waals surface area contributed by atoms with Gasteiger partial charge in [0.25, 0.3) is 0 Å². The molecular formula is C18H10F5N3O2S. The number of hydrogen-bond acceptors (Lipinski definition) is 4. The van der Waals surface area contributed by atoms with Gasteiger partial charge < -0.3 is 4.98 Å². The molecule has 0 spiro atoms. The number of H-pyrrole nitrogens is 1. The van der Waals surface area contributed by atoms with Crippen molar-refractivity contribution in [1.82, 2.24) is 9.97 Å². The summed E-state index contributed by atoms with van der Waals surface area (Å²) in [6.45, 7) is 0. The highest BCUT2D eigenvalue weighted by molar-refractivity contribution is 7.90. The molecule has 5 nitrogen and oxygen atoms in total. The summed E-state index contributed by atoms with van der Waals surface area (Å²) in [4.78, 5) is 4.28. The molecule has 0 aliphatic rings. The molecule has 0 fully saturated rings. The average molecular weight is 427 g/mol. The minimum absolute atomic E-state index is 0.120. The van der Waals surface area contributed by atoms with E-state index in [2.05, 4.69) is 9.97 Å². The van der Waals surface area contributed by atoms with Gasteiger partial charge in [-0.15, -0.1) is 0 Å². The number of imidazole rings is 1. The second-order valence-electron chi connectivity index (χ2n) is 6.04. The molecule has 0 saturated heterocycles. The van der Waals surface area contributed by atoms with E-state index in [0.717, 1.165) is 0 Å². The SMILES string of the molecule is CS(=O)(=O)c1c(F)cc(-c2nc(C(F)(F)F)[nH]c2-c2cccc(C#N)c2)cc1F. The predicted molar refractivity (Wildman–Crippen MR) is 92.2 cm³/mol. The first kappa shape index (κ1) is 20.5. The summed E-state index contributed by atoms with van der Waals surface area (Å²) in [5.41, 5.74) is -0.835. The first-order valence-corrected chi connectivity index (χ1v) is 9.68. The first-order valence-electron chi connectivity index (χ1n) is 7.79. The molecule has 0 amide bonds. The molecule has 3 aromatic rings. The van der Waals surface area contributed by atoms with E-state index >= 15 is 0 Å². The van der Waals surface area contributed by atoms with Crippen LogP contribution in [-0.4, -0.2) is 24.6 Å². The summed E-state index contributed by atoms with van der Waals surface area (Å²) in [6.07, 6.45) is -4.28. The van der Waals surface area contributed by atoms with E-state index < -0.39 is 49.6 Å². The van der Waals surface area contributed by atoms with E-state index in [4.69, 9.17) is 5.26 Å². The molecule has 0 bridgehead atoms. The standard InChI is InChI=1S/C18H10F5N3O2S/c1-29(27,28)16-12(19)6-11(7-13(16)20)15-14(25-17(26-15)18(21,22)23)10-4-2-3-9(5-10)8-24/h2-7H,1H3,(H,25,26). The minimum atomic E-state index is -4.89. The van der Waals surface area contributed by atoms with Gasteiger partial charge in [0.05, 0.1) is 23.0 Å². The Morgan fingerprint density at radius 3 is 2.21 bits per heavy atom. The van der Waals surface area contributed by atoms with Crippen LogP contribution in [-0.2, 0) is 16.0 Å². The second-order valence-corrected chi connectivity index (χ2v) is 7.99. The molecule has 11 heteroatoms. The zero-order valence-corrected chi connectivity index (χ0v) is 15.3. The Morgan fingerprint density at radius 2 is 1.69 bits per heavy atom. The number of nitrogens with one attached hydrogen (secondary N) is 1. The van der Waals surface area contributed by atoms with E-state index in [1.54, 1.807) is 0 Å². The molecule has 0 unspecified atom stereocenters. The summed E-state index contributed by atoms with van der Waals surface area (Å²) in [5, 5.41) is 9.00. The van der Waals surface area contributed by atoms with Crippen LogP contribution in [0, 0.1) is 23.0 Å². The van der Waals surface area contributed by atoms with E-state index in [1.165, 1.54) is 24.3 Å². The van der Waals surface area contributed by atoms with E-state index in [-0.39, 0.29) is 16.8 Å². The molecule has 0 aliphatic heterocycles. The van der Waals surface area contributed by atoms with Crippen LogP contribution in [0.4, 0.5) is 22.0 Å². The number of alkyl halides is 3. The van der Waals surface area contributed by atoms with Crippen molar-refractivity contribution in [1.29, 1.82) is 5.26 Å². The van der Waals surface area contributed by atoms with Gasteiger partial charge >= 0.3 is 6.18 Å². The van der Waals surface area contributed by atoms with Crippen molar-refractivity contribution in [2.24, 2.45) is 0 Å². The monoisotopic (exact) mass is 427 g/mol. The highest BCUT2D eigenvalue weighted by Crippen LogP contribution is 2.37. The Balaban J connectivity index is 2.30. The van der Waals surface area contributed by atoms with Crippen LogP contribution in [0.2, 0.25) is 0 Å². The van der Waals surface area contributed by atoms with Crippen molar-refractivity contribution in [3.63, 3.8) is 0 Å². The zero-order valence-electron chi connectivity index (χ0n) is 14.5. The van der Waals surface area contributed by atoms with Crippen LogP contribution < -0.4 is 0 Å². The fraction of sp³-hybridized carbons (Fsp3) is 0.111. The van der Waals surface area contributed by atoms with Crippen LogP contribution in [0.15, 0.2) is 41.3 Å². The van der Waals surface area contributed by atoms with Crippen LogP contribution in [0.5, 0.6) is 0 Å². The highest BCUT2D eigenvalue weighted by atomic mass is 32.2. The third-order valence-corrected chi connectivity index (χ3v) is 5.03. The first-order chi connectivity index (χ1) is 13.4. The van der Waals surface area contributed by atoms with Gasteiger partial charge in [0.2, 0.25) is 5.82 Å². The smallest absolute Gasteiger partial charge is 0.334 e. The maximum atomic E-state index is 14.3. The Labute approximate surface area is 161 Å². The molecule has 0 saturated carbocycles.